The standard InChI is InChI=1S/C22H24N2O6/c1-29-17-9-5-15(6-10-17)14-19(22(28)23-13-3-4-20(25)26)24-21(27)16-7-11-18(30-2)12-8-16/h5-12,14H,3-4,13H2,1-2H3,(H,23,28)(H,24,27)(H,25,26)/p-1/b19-14+. The number of methoxy groups -OCH3 is 2. The molecule has 158 valence electrons. The lowest BCUT2D eigenvalue weighted by atomic mass is 10.1. The van der Waals surface area contributed by atoms with Crippen LogP contribution in [0.1, 0.15) is 28.8 Å². The van der Waals surface area contributed by atoms with E-state index in [1.54, 1.807) is 55.6 Å². The summed E-state index contributed by atoms with van der Waals surface area (Å²) in [5, 5.41) is 15.7. The zero-order chi connectivity index (χ0) is 21.9. The summed E-state index contributed by atoms with van der Waals surface area (Å²) in [6, 6.07) is 13.4. The summed E-state index contributed by atoms with van der Waals surface area (Å²) in [6.45, 7) is 0.130. The van der Waals surface area contributed by atoms with Crippen LogP contribution in [0.5, 0.6) is 11.5 Å². The normalized spacial score (nSPS) is 10.8. The van der Waals surface area contributed by atoms with Crippen molar-refractivity contribution in [2.45, 2.75) is 12.8 Å². The monoisotopic (exact) mass is 411 g/mol. The number of carbonyl (C=O) groups excluding carboxylic acids is 3. The number of amides is 2. The lowest BCUT2D eigenvalue weighted by Gasteiger charge is -2.12. The molecule has 0 aromatic heterocycles. The fourth-order valence-corrected chi connectivity index (χ4v) is 2.49. The molecule has 0 atom stereocenters. The zero-order valence-electron chi connectivity index (χ0n) is 16.8. The van der Waals surface area contributed by atoms with E-state index < -0.39 is 17.8 Å². The summed E-state index contributed by atoms with van der Waals surface area (Å²) in [5.41, 5.74) is 1.04. The van der Waals surface area contributed by atoms with E-state index in [0.717, 1.165) is 0 Å². The molecule has 0 fully saturated rings. The molecule has 30 heavy (non-hydrogen) atoms. The number of carboxylic acids is 1. The van der Waals surface area contributed by atoms with Gasteiger partial charge >= 0.3 is 0 Å². The van der Waals surface area contributed by atoms with Gasteiger partial charge in [0.05, 0.1) is 14.2 Å². The summed E-state index contributed by atoms with van der Waals surface area (Å²) >= 11 is 0. The van der Waals surface area contributed by atoms with Gasteiger partial charge in [-0.25, -0.2) is 0 Å². The van der Waals surface area contributed by atoms with Gasteiger partial charge in [0.1, 0.15) is 17.2 Å². The number of benzene rings is 2. The van der Waals surface area contributed by atoms with Gasteiger partial charge in [0.2, 0.25) is 0 Å². The first-order chi connectivity index (χ1) is 14.4. The van der Waals surface area contributed by atoms with E-state index in [0.29, 0.717) is 22.6 Å². The van der Waals surface area contributed by atoms with Gasteiger partial charge in [-0.15, -0.1) is 0 Å². The number of rotatable bonds is 10. The average molecular weight is 411 g/mol. The van der Waals surface area contributed by atoms with Gasteiger partial charge in [0.15, 0.2) is 0 Å². The van der Waals surface area contributed by atoms with Crippen molar-refractivity contribution in [1.29, 1.82) is 0 Å². The first-order valence-corrected chi connectivity index (χ1v) is 9.22. The van der Waals surface area contributed by atoms with E-state index in [2.05, 4.69) is 10.6 Å². The number of ether oxygens (including phenoxy) is 2. The van der Waals surface area contributed by atoms with Crippen LogP contribution in [-0.2, 0) is 9.59 Å². The molecule has 0 spiro atoms. The molecule has 2 aromatic rings. The van der Waals surface area contributed by atoms with Crippen LogP contribution in [0.15, 0.2) is 54.2 Å². The molecule has 0 unspecified atom stereocenters. The molecule has 0 aliphatic heterocycles. The molecule has 8 nitrogen and oxygen atoms in total. The van der Waals surface area contributed by atoms with Crippen molar-refractivity contribution in [1.82, 2.24) is 10.6 Å². The van der Waals surface area contributed by atoms with Crippen LogP contribution < -0.4 is 25.2 Å². The molecule has 2 amide bonds. The SMILES string of the molecule is COc1ccc(/C=C(/NC(=O)c2ccc(OC)cc2)C(=O)NCCCC(=O)[O-])cc1. The Balaban J connectivity index is 2.17. The third-order valence-corrected chi connectivity index (χ3v) is 4.12. The Morgan fingerprint density at radius 1 is 0.933 bits per heavy atom. The van der Waals surface area contributed by atoms with Gasteiger partial charge in [-0.3, -0.25) is 9.59 Å². The largest absolute Gasteiger partial charge is 0.550 e. The molecular formula is C22H23N2O6-. The topological polar surface area (TPSA) is 117 Å². The van der Waals surface area contributed by atoms with E-state index in [9.17, 15) is 19.5 Å². The summed E-state index contributed by atoms with van der Waals surface area (Å²) in [4.78, 5) is 35.7. The Hall–Kier alpha value is -3.81. The van der Waals surface area contributed by atoms with Crippen LogP contribution in [0.3, 0.4) is 0 Å². The molecule has 0 bridgehead atoms. The third kappa shape index (κ3) is 6.97. The lowest BCUT2D eigenvalue weighted by Crippen LogP contribution is -2.35. The van der Waals surface area contributed by atoms with E-state index in [4.69, 9.17) is 9.47 Å². The average Bonchev–Trinajstić information content (AvgIpc) is 2.76. The maximum absolute atomic E-state index is 12.6. The van der Waals surface area contributed by atoms with Crippen molar-refractivity contribution in [2.75, 3.05) is 20.8 Å². The van der Waals surface area contributed by atoms with Crippen LogP contribution in [0.2, 0.25) is 0 Å². The highest BCUT2D eigenvalue weighted by Crippen LogP contribution is 2.15. The first-order valence-electron chi connectivity index (χ1n) is 9.22. The smallest absolute Gasteiger partial charge is 0.267 e. The zero-order valence-corrected chi connectivity index (χ0v) is 16.8. The summed E-state index contributed by atoms with van der Waals surface area (Å²) in [6.07, 6.45) is 1.57. The Morgan fingerprint density at radius 3 is 2.03 bits per heavy atom. The lowest BCUT2D eigenvalue weighted by molar-refractivity contribution is -0.305. The van der Waals surface area contributed by atoms with E-state index in [-0.39, 0.29) is 25.1 Å². The van der Waals surface area contributed by atoms with Crippen molar-refractivity contribution in [3.8, 4) is 11.5 Å². The number of carbonyl (C=O) groups is 3. The molecule has 0 heterocycles. The van der Waals surface area contributed by atoms with Crippen LogP contribution in [0.25, 0.3) is 6.08 Å². The summed E-state index contributed by atoms with van der Waals surface area (Å²) in [5.74, 6) is -0.937. The Kier molecular flexibility index (Phi) is 8.43. The minimum atomic E-state index is -1.19. The van der Waals surface area contributed by atoms with Gasteiger partial charge in [-0.2, -0.15) is 0 Å². The first kappa shape index (κ1) is 22.5. The summed E-state index contributed by atoms with van der Waals surface area (Å²) in [7, 11) is 3.07. The molecule has 0 aliphatic rings. The van der Waals surface area contributed by atoms with Gasteiger partial charge in [-0.1, -0.05) is 12.1 Å². The van der Waals surface area contributed by atoms with Crippen molar-refractivity contribution in [3.63, 3.8) is 0 Å². The van der Waals surface area contributed by atoms with E-state index >= 15 is 0 Å². The van der Waals surface area contributed by atoms with Crippen molar-refractivity contribution < 1.29 is 29.0 Å². The second kappa shape index (κ2) is 11.3. The second-order valence-electron chi connectivity index (χ2n) is 6.25. The minimum Gasteiger partial charge on any atom is -0.550 e. The minimum absolute atomic E-state index is 0.0226. The molecule has 0 radical (unpaired) electrons. The number of aliphatic carboxylic acids is 1. The van der Waals surface area contributed by atoms with E-state index in [1.165, 1.54) is 13.2 Å². The maximum atomic E-state index is 12.6. The molecule has 0 saturated heterocycles. The van der Waals surface area contributed by atoms with Crippen LogP contribution in [0, 0.1) is 0 Å². The van der Waals surface area contributed by atoms with Gasteiger partial charge < -0.3 is 30.0 Å². The molecule has 0 saturated carbocycles. The Morgan fingerprint density at radius 2 is 1.50 bits per heavy atom. The van der Waals surface area contributed by atoms with Gasteiger partial charge in [0.25, 0.3) is 11.8 Å². The Bertz CT molecular complexity index is 904. The molecule has 2 rings (SSSR count). The van der Waals surface area contributed by atoms with Gasteiger partial charge in [0, 0.05) is 18.1 Å². The quantitative estimate of drug-likeness (QED) is 0.447. The number of hydrogen-bond donors (Lipinski definition) is 2. The molecular weight excluding hydrogens is 388 g/mol. The van der Waals surface area contributed by atoms with Crippen LogP contribution in [0.4, 0.5) is 0 Å². The van der Waals surface area contributed by atoms with Crippen molar-refractivity contribution in [2.24, 2.45) is 0 Å². The second-order valence-corrected chi connectivity index (χ2v) is 6.25. The molecule has 8 heteroatoms. The van der Waals surface area contributed by atoms with Crippen molar-refractivity contribution in [3.05, 3.63) is 65.4 Å². The fraction of sp³-hybridized carbons (Fsp3) is 0.227. The number of hydrogen-bond acceptors (Lipinski definition) is 6. The predicted octanol–water partition coefficient (Wildman–Crippen LogP) is 1.12. The molecule has 0 aliphatic carbocycles. The summed E-state index contributed by atoms with van der Waals surface area (Å²) < 4.78 is 10.2. The van der Waals surface area contributed by atoms with Crippen LogP contribution in [-0.4, -0.2) is 38.5 Å². The third-order valence-electron chi connectivity index (χ3n) is 4.12. The Labute approximate surface area is 174 Å². The predicted molar refractivity (Wildman–Crippen MR) is 109 cm³/mol. The highest BCUT2D eigenvalue weighted by atomic mass is 16.5. The van der Waals surface area contributed by atoms with Gasteiger partial charge in [-0.05, 0) is 60.9 Å². The highest BCUT2D eigenvalue weighted by molar-refractivity contribution is 6.05. The molecule has 2 N–H and O–H groups in total. The highest BCUT2D eigenvalue weighted by Gasteiger charge is 2.14. The number of carboxylic acid groups (broad SMARTS) is 1. The number of nitrogens with one attached hydrogen (secondary N) is 2. The van der Waals surface area contributed by atoms with Crippen LogP contribution >= 0.6 is 0 Å². The van der Waals surface area contributed by atoms with Crippen molar-refractivity contribution >= 4 is 23.9 Å². The molecule has 2 aromatic carbocycles. The fourth-order valence-electron chi connectivity index (χ4n) is 2.49. The van der Waals surface area contributed by atoms with E-state index in [1.807, 2.05) is 0 Å². The maximum Gasteiger partial charge on any atom is 0.267 e.